The Balaban J connectivity index is 1.72. The van der Waals surface area contributed by atoms with Crippen LogP contribution in [0.25, 0.3) is 0 Å². The molecule has 1 saturated heterocycles. The van der Waals surface area contributed by atoms with Gasteiger partial charge >= 0.3 is 17.8 Å². The van der Waals surface area contributed by atoms with E-state index in [2.05, 4.69) is 5.32 Å². The predicted molar refractivity (Wildman–Crippen MR) is 102 cm³/mol. The summed E-state index contributed by atoms with van der Waals surface area (Å²) in [4.78, 5) is 51.6. The highest BCUT2D eigenvalue weighted by Gasteiger charge is 2.49. The minimum Gasteiger partial charge on any atom is -0.495 e. The Hall–Kier alpha value is -2.61. The van der Waals surface area contributed by atoms with E-state index in [1.807, 2.05) is 6.92 Å². The number of imide groups is 2. The third-order valence-corrected chi connectivity index (χ3v) is 5.45. The van der Waals surface area contributed by atoms with E-state index in [9.17, 15) is 19.2 Å². The Morgan fingerprint density at radius 3 is 2.61 bits per heavy atom. The largest absolute Gasteiger partial charge is 0.495 e. The minimum absolute atomic E-state index is 0.124. The predicted octanol–water partition coefficient (Wildman–Crippen LogP) is 2.66. The SMILES string of the molecule is COc1ccc(Cl)cc1NC(=O)CN1C(=O)C(=O)N([C@@H]2CCCC[C@@H]2C)C1=O. The molecular weight excluding hydrogens is 386 g/mol. The van der Waals surface area contributed by atoms with Gasteiger partial charge in [-0.2, -0.15) is 0 Å². The first-order chi connectivity index (χ1) is 13.3. The monoisotopic (exact) mass is 407 g/mol. The number of methoxy groups -OCH3 is 1. The molecule has 3 rings (SSSR count). The van der Waals surface area contributed by atoms with E-state index in [-0.39, 0.29) is 12.0 Å². The fourth-order valence-electron chi connectivity index (χ4n) is 3.75. The lowest BCUT2D eigenvalue weighted by Gasteiger charge is -2.34. The number of ether oxygens (including phenoxy) is 1. The van der Waals surface area contributed by atoms with Crippen molar-refractivity contribution in [2.24, 2.45) is 5.92 Å². The highest BCUT2D eigenvalue weighted by atomic mass is 35.5. The molecule has 9 heteroatoms. The van der Waals surface area contributed by atoms with Crippen LogP contribution >= 0.6 is 11.6 Å². The molecule has 150 valence electrons. The van der Waals surface area contributed by atoms with Gasteiger partial charge < -0.3 is 10.1 Å². The molecule has 28 heavy (non-hydrogen) atoms. The molecule has 0 spiro atoms. The highest BCUT2D eigenvalue weighted by molar-refractivity contribution is 6.45. The van der Waals surface area contributed by atoms with Crippen LogP contribution in [0.15, 0.2) is 18.2 Å². The number of hydrogen-bond donors (Lipinski definition) is 1. The van der Waals surface area contributed by atoms with Crippen LogP contribution in [0.4, 0.5) is 10.5 Å². The average molecular weight is 408 g/mol. The zero-order valence-corrected chi connectivity index (χ0v) is 16.5. The van der Waals surface area contributed by atoms with Crippen LogP contribution in [0.1, 0.15) is 32.6 Å². The number of urea groups is 1. The molecule has 1 aromatic rings. The summed E-state index contributed by atoms with van der Waals surface area (Å²) in [5.74, 6) is -1.97. The molecule has 0 aromatic heterocycles. The molecule has 1 saturated carbocycles. The van der Waals surface area contributed by atoms with E-state index in [0.717, 1.165) is 24.2 Å². The molecule has 2 fully saturated rings. The Morgan fingerprint density at radius 2 is 1.93 bits per heavy atom. The van der Waals surface area contributed by atoms with Crippen molar-refractivity contribution in [1.29, 1.82) is 0 Å². The van der Waals surface area contributed by atoms with E-state index in [1.165, 1.54) is 13.2 Å². The lowest BCUT2D eigenvalue weighted by atomic mass is 9.85. The summed E-state index contributed by atoms with van der Waals surface area (Å²) < 4.78 is 5.16. The molecule has 1 aliphatic carbocycles. The number of amides is 5. The van der Waals surface area contributed by atoms with Crippen LogP contribution in [0.2, 0.25) is 5.02 Å². The van der Waals surface area contributed by atoms with Crippen molar-refractivity contribution in [3.05, 3.63) is 23.2 Å². The summed E-state index contributed by atoms with van der Waals surface area (Å²) in [5.41, 5.74) is 0.309. The van der Waals surface area contributed by atoms with Gasteiger partial charge in [-0.15, -0.1) is 0 Å². The lowest BCUT2D eigenvalue weighted by molar-refractivity contribution is -0.145. The number of rotatable bonds is 5. The van der Waals surface area contributed by atoms with Crippen LogP contribution in [-0.2, 0) is 14.4 Å². The van der Waals surface area contributed by atoms with Gasteiger partial charge in [-0.3, -0.25) is 19.3 Å². The molecule has 5 amide bonds. The molecule has 1 N–H and O–H groups in total. The van der Waals surface area contributed by atoms with Gasteiger partial charge in [0.15, 0.2) is 0 Å². The number of hydrogen-bond acceptors (Lipinski definition) is 5. The smallest absolute Gasteiger partial charge is 0.334 e. The Bertz CT molecular complexity index is 828. The number of nitrogens with one attached hydrogen (secondary N) is 1. The second kappa shape index (κ2) is 8.18. The maximum absolute atomic E-state index is 12.7. The summed E-state index contributed by atoms with van der Waals surface area (Å²) in [5, 5.41) is 2.95. The van der Waals surface area contributed by atoms with Gasteiger partial charge in [0.05, 0.1) is 12.8 Å². The lowest BCUT2D eigenvalue weighted by Crippen LogP contribution is -2.46. The molecule has 0 radical (unpaired) electrons. The standard InChI is InChI=1S/C19H22ClN3O5/c1-11-5-3-4-6-14(11)23-18(26)17(25)22(19(23)27)10-16(24)21-13-9-12(20)7-8-15(13)28-2/h7-9,11,14H,3-6,10H2,1-2H3,(H,21,24)/t11-,14+/m0/s1. The van der Waals surface area contributed by atoms with Crippen LogP contribution in [0.5, 0.6) is 5.75 Å². The number of nitrogens with zero attached hydrogens (tertiary/aromatic N) is 2. The van der Waals surface area contributed by atoms with E-state index >= 15 is 0 Å². The molecule has 2 aliphatic rings. The summed E-state index contributed by atoms with van der Waals surface area (Å²) >= 11 is 5.93. The summed E-state index contributed by atoms with van der Waals surface area (Å²) in [6, 6.07) is 3.64. The summed E-state index contributed by atoms with van der Waals surface area (Å²) in [6.45, 7) is 1.41. The van der Waals surface area contributed by atoms with Gasteiger partial charge in [-0.1, -0.05) is 31.4 Å². The molecule has 0 bridgehead atoms. The molecular formula is C19H22ClN3O5. The van der Waals surface area contributed by atoms with Crippen molar-refractivity contribution in [1.82, 2.24) is 9.80 Å². The number of anilines is 1. The Labute approximate surface area is 167 Å². The third kappa shape index (κ3) is 3.82. The van der Waals surface area contributed by atoms with Crippen LogP contribution in [0, 0.1) is 5.92 Å². The Morgan fingerprint density at radius 1 is 1.21 bits per heavy atom. The van der Waals surface area contributed by atoms with Gasteiger partial charge in [-0.05, 0) is 37.0 Å². The van der Waals surface area contributed by atoms with Crippen molar-refractivity contribution < 1.29 is 23.9 Å². The van der Waals surface area contributed by atoms with E-state index in [0.29, 0.717) is 27.8 Å². The number of halogens is 1. The first-order valence-electron chi connectivity index (χ1n) is 9.16. The summed E-state index contributed by atoms with van der Waals surface area (Å²) in [7, 11) is 1.44. The van der Waals surface area contributed by atoms with E-state index in [4.69, 9.17) is 16.3 Å². The van der Waals surface area contributed by atoms with E-state index < -0.39 is 30.3 Å². The number of carbonyl (C=O) groups is 4. The second-order valence-corrected chi connectivity index (χ2v) is 7.51. The van der Waals surface area contributed by atoms with Crippen LogP contribution in [0.3, 0.4) is 0 Å². The zero-order valence-electron chi connectivity index (χ0n) is 15.7. The van der Waals surface area contributed by atoms with Crippen molar-refractivity contribution >= 4 is 41.0 Å². The Kier molecular flexibility index (Phi) is 5.88. The van der Waals surface area contributed by atoms with Crippen LogP contribution < -0.4 is 10.1 Å². The van der Waals surface area contributed by atoms with Crippen molar-refractivity contribution in [2.45, 2.75) is 38.6 Å². The second-order valence-electron chi connectivity index (χ2n) is 7.07. The number of benzene rings is 1. The van der Waals surface area contributed by atoms with Crippen LogP contribution in [-0.4, -0.2) is 53.2 Å². The van der Waals surface area contributed by atoms with E-state index in [1.54, 1.807) is 12.1 Å². The quantitative estimate of drug-likeness (QED) is 0.598. The topological polar surface area (TPSA) is 96.0 Å². The third-order valence-electron chi connectivity index (χ3n) is 5.22. The van der Waals surface area contributed by atoms with Gasteiger partial charge in [-0.25, -0.2) is 9.69 Å². The highest BCUT2D eigenvalue weighted by Crippen LogP contribution is 2.31. The fourth-order valence-corrected chi connectivity index (χ4v) is 3.92. The molecule has 0 unspecified atom stereocenters. The van der Waals surface area contributed by atoms with Crippen molar-refractivity contribution in [2.75, 3.05) is 19.0 Å². The summed E-state index contributed by atoms with van der Waals surface area (Å²) in [6.07, 6.45) is 3.50. The van der Waals surface area contributed by atoms with Gasteiger partial charge in [0.1, 0.15) is 12.3 Å². The zero-order chi connectivity index (χ0) is 20.4. The molecule has 1 heterocycles. The molecule has 1 aliphatic heterocycles. The number of carbonyl (C=O) groups excluding carboxylic acids is 4. The molecule has 2 atom stereocenters. The normalized spacial score (nSPS) is 22.6. The van der Waals surface area contributed by atoms with Gasteiger partial charge in [0.25, 0.3) is 0 Å². The van der Waals surface area contributed by atoms with Gasteiger partial charge in [0.2, 0.25) is 5.91 Å². The first-order valence-corrected chi connectivity index (χ1v) is 9.53. The average Bonchev–Trinajstić information content (AvgIpc) is 2.86. The first kappa shape index (κ1) is 20.1. The van der Waals surface area contributed by atoms with Gasteiger partial charge in [0, 0.05) is 11.1 Å². The maximum atomic E-state index is 12.7. The van der Waals surface area contributed by atoms with Crippen molar-refractivity contribution in [3.63, 3.8) is 0 Å². The molecule has 8 nitrogen and oxygen atoms in total. The van der Waals surface area contributed by atoms with Crippen molar-refractivity contribution in [3.8, 4) is 5.75 Å². The fraction of sp³-hybridized carbons (Fsp3) is 0.474. The minimum atomic E-state index is -0.976. The molecule has 1 aromatic carbocycles. The maximum Gasteiger partial charge on any atom is 0.334 e.